The van der Waals surface area contributed by atoms with Crippen molar-refractivity contribution in [3.05, 3.63) is 128 Å². The Labute approximate surface area is 346 Å². The molecule has 42 heavy (non-hydrogen) atoms. The van der Waals surface area contributed by atoms with Crippen LogP contribution in [0.5, 0.6) is 23.1 Å². The van der Waals surface area contributed by atoms with Crippen LogP contribution in [0.1, 0.15) is 11.1 Å². The van der Waals surface area contributed by atoms with Crippen molar-refractivity contribution < 1.29 is 140 Å². The normalized spacial score (nSPS) is 11.7. The Bertz CT molecular complexity index is 1430. The van der Waals surface area contributed by atoms with E-state index in [0.29, 0.717) is 36.2 Å². The Hall–Kier alpha value is -0.990. The third-order valence-corrected chi connectivity index (χ3v) is 6.09. The first-order chi connectivity index (χ1) is 18.5. The molecule has 1 aromatic heterocycles. The summed E-state index contributed by atoms with van der Waals surface area (Å²) >= 11 is 0. The molecule has 0 spiro atoms. The van der Waals surface area contributed by atoms with Crippen LogP contribution >= 0.6 is 0 Å². The first-order valence-electron chi connectivity index (χ1n) is 11.9. The first kappa shape index (κ1) is 39.0. The molecule has 0 bridgehead atoms. The molecule has 12 heteroatoms. The monoisotopic (exact) mass is 701 g/mol. The standard InChI is InChI=1S/C15H12BNO2.C13H9BN2O3.2CH3.2Rb/c1-16-15-8-7-14(9-11(15)10-18-16)19-13-5-3-12(17-2)4-6-13;1-15-10-2-5-13(16-7-10)19-11-3-4-12-9(6-11)8-18-14(12)17;;;;/h3-9H,10H2,1H3;2-7,17H,8H2;2*1H3;;/q;;2*-1;2*+1. The SMILES string of the molecule is [C-]#[N+]c1ccc(Oc2ccc3c(c2)COB3C)cc1.[C-]#[N+]c1ccc(Oc2ccc3c(c2)COB3O)nc1.[CH3-].[CH3-].[Rb+].[Rb+]. The molecule has 2 aliphatic heterocycles. The van der Waals surface area contributed by atoms with Gasteiger partial charge in [0.2, 0.25) is 11.6 Å². The number of hydrogen-bond acceptors (Lipinski definition) is 6. The summed E-state index contributed by atoms with van der Waals surface area (Å²) in [7, 11) is -0.847. The summed E-state index contributed by atoms with van der Waals surface area (Å²) in [4.78, 5) is 10.7. The molecule has 0 fully saturated rings. The van der Waals surface area contributed by atoms with Crippen LogP contribution in [0, 0.1) is 28.0 Å². The number of nitrogens with zero attached hydrogens (tertiary/aromatic N) is 3. The van der Waals surface area contributed by atoms with E-state index in [-0.39, 0.29) is 138 Å². The Kier molecular flexibility index (Phi) is 17.4. The number of fused-ring (bicyclic) bond motifs is 2. The molecule has 4 aromatic rings. The van der Waals surface area contributed by atoms with Crippen molar-refractivity contribution in [1.82, 2.24) is 4.98 Å². The van der Waals surface area contributed by atoms with E-state index in [0.717, 1.165) is 22.5 Å². The smallest absolute Gasteiger partial charge is 0.457 e. The van der Waals surface area contributed by atoms with E-state index in [1.54, 1.807) is 48.5 Å². The minimum Gasteiger partial charge on any atom is -0.457 e. The molecular formula is C30H27B2N3O5Rb2. The number of hydrogen-bond donors (Lipinski definition) is 1. The second-order valence-corrected chi connectivity index (χ2v) is 8.61. The van der Waals surface area contributed by atoms with Gasteiger partial charge in [0.1, 0.15) is 17.2 Å². The molecule has 0 atom stereocenters. The Morgan fingerprint density at radius 3 is 1.90 bits per heavy atom. The van der Waals surface area contributed by atoms with Gasteiger partial charge in [-0.2, -0.15) is 0 Å². The minimum atomic E-state index is -0.847. The summed E-state index contributed by atoms with van der Waals surface area (Å²) in [5.74, 6) is 2.58. The van der Waals surface area contributed by atoms with Crippen LogP contribution in [-0.4, -0.2) is 24.0 Å². The molecule has 0 aliphatic carbocycles. The fourth-order valence-electron chi connectivity index (χ4n) is 4.09. The largest absolute Gasteiger partial charge is 1.00 e. The van der Waals surface area contributed by atoms with Gasteiger partial charge in [0, 0.05) is 6.20 Å². The predicted molar refractivity (Wildman–Crippen MR) is 157 cm³/mol. The Morgan fingerprint density at radius 2 is 1.29 bits per heavy atom. The van der Waals surface area contributed by atoms with E-state index in [2.05, 4.69) is 27.6 Å². The van der Waals surface area contributed by atoms with E-state index in [9.17, 15) is 5.02 Å². The van der Waals surface area contributed by atoms with E-state index >= 15 is 0 Å². The van der Waals surface area contributed by atoms with Crippen molar-refractivity contribution in [3.63, 3.8) is 0 Å². The second-order valence-electron chi connectivity index (χ2n) is 8.61. The number of pyridine rings is 1. The van der Waals surface area contributed by atoms with E-state index in [1.807, 2.05) is 18.2 Å². The minimum absolute atomic E-state index is 0. The molecule has 3 heterocycles. The topological polar surface area (TPSA) is 78.8 Å². The number of benzene rings is 3. The zero-order valence-corrected chi connectivity index (χ0v) is 34.3. The van der Waals surface area contributed by atoms with E-state index in [4.69, 9.17) is 31.9 Å². The summed E-state index contributed by atoms with van der Waals surface area (Å²) in [5, 5.41) is 9.52. The van der Waals surface area contributed by atoms with Crippen molar-refractivity contribution in [3.8, 4) is 23.1 Å². The average molecular weight is 702 g/mol. The molecule has 8 nitrogen and oxygen atoms in total. The molecule has 0 saturated carbocycles. The van der Waals surface area contributed by atoms with Gasteiger partial charge in [-0.05, 0) is 70.6 Å². The molecule has 2 aliphatic rings. The van der Waals surface area contributed by atoms with Gasteiger partial charge in [-0.1, -0.05) is 31.1 Å². The van der Waals surface area contributed by atoms with Gasteiger partial charge < -0.3 is 38.7 Å². The molecule has 1 N–H and O–H groups in total. The summed E-state index contributed by atoms with van der Waals surface area (Å²) in [6.07, 6.45) is 1.46. The molecule has 0 saturated heterocycles. The summed E-state index contributed by atoms with van der Waals surface area (Å²) in [5.41, 5.74) is 5.17. The van der Waals surface area contributed by atoms with Crippen LogP contribution in [0.15, 0.2) is 79.0 Å². The summed E-state index contributed by atoms with van der Waals surface area (Å²) < 4.78 is 22.0. The van der Waals surface area contributed by atoms with Crippen molar-refractivity contribution in [2.75, 3.05) is 0 Å². The zero-order valence-electron chi connectivity index (χ0n) is 24.5. The number of rotatable bonds is 4. The van der Waals surface area contributed by atoms with Crippen LogP contribution < -0.4 is 137 Å². The quantitative estimate of drug-likeness (QED) is 0.238. The Morgan fingerprint density at radius 1 is 0.738 bits per heavy atom. The third kappa shape index (κ3) is 10.0. The third-order valence-electron chi connectivity index (χ3n) is 6.09. The van der Waals surface area contributed by atoms with Crippen LogP contribution in [-0.2, 0) is 22.5 Å². The molecular weight excluding hydrogens is 675 g/mol. The molecule has 0 unspecified atom stereocenters. The summed E-state index contributed by atoms with van der Waals surface area (Å²) in [6.45, 7) is 17.0. The van der Waals surface area contributed by atoms with Crippen molar-refractivity contribution >= 4 is 36.3 Å². The molecule has 200 valence electrons. The van der Waals surface area contributed by atoms with Gasteiger partial charge >= 0.3 is 130 Å². The van der Waals surface area contributed by atoms with Gasteiger partial charge in [-0.3, -0.25) is 0 Å². The van der Waals surface area contributed by atoms with Gasteiger partial charge in [0.05, 0.1) is 26.4 Å². The maximum Gasteiger partial charge on any atom is 1.00 e. The van der Waals surface area contributed by atoms with E-state index in [1.165, 1.54) is 17.2 Å². The molecule has 3 aromatic carbocycles. The van der Waals surface area contributed by atoms with Gasteiger partial charge in [-0.25, -0.2) is 14.7 Å². The molecule has 6 rings (SSSR count). The van der Waals surface area contributed by atoms with Crippen molar-refractivity contribution in [1.29, 1.82) is 0 Å². The predicted octanol–water partition coefficient (Wildman–Crippen LogP) is -0.0608. The van der Waals surface area contributed by atoms with Crippen LogP contribution in [0.25, 0.3) is 9.69 Å². The van der Waals surface area contributed by atoms with Crippen molar-refractivity contribution in [2.45, 2.75) is 20.0 Å². The Balaban J connectivity index is 0.000000383. The van der Waals surface area contributed by atoms with Gasteiger partial charge in [0.25, 0.3) is 0 Å². The average Bonchev–Trinajstić information content (AvgIpc) is 3.51. The zero-order chi connectivity index (χ0) is 26.5. The fraction of sp³-hybridized carbons (Fsp3) is 0.100. The maximum atomic E-state index is 9.52. The molecule has 0 radical (unpaired) electrons. The van der Waals surface area contributed by atoms with Crippen LogP contribution in [0.2, 0.25) is 6.82 Å². The number of aromatic nitrogens is 1. The maximum absolute atomic E-state index is 9.52. The van der Waals surface area contributed by atoms with Gasteiger partial charge in [0.15, 0.2) is 5.69 Å². The summed E-state index contributed by atoms with van der Waals surface area (Å²) in [6, 6.07) is 21.8. The van der Waals surface area contributed by atoms with Crippen molar-refractivity contribution in [2.24, 2.45) is 0 Å². The first-order valence-corrected chi connectivity index (χ1v) is 11.9. The molecule has 0 amide bonds. The second kappa shape index (κ2) is 18.7. The van der Waals surface area contributed by atoms with Crippen LogP contribution in [0.4, 0.5) is 11.4 Å². The number of ether oxygens (including phenoxy) is 2. The van der Waals surface area contributed by atoms with Gasteiger partial charge in [-0.15, -0.1) is 0 Å². The van der Waals surface area contributed by atoms with E-state index < -0.39 is 7.12 Å². The van der Waals surface area contributed by atoms with Crippen LogP contribution in [0.3, 0.4) is 0 Å². The fourth-order valence-corrected chi connectivity index (χ4v) is 4.09.